The molecule has 0 fully saturated rings. The van der Waals surface area contributed by atoms with Crippen LogP contribution in [0.25, 0.3) is 0 Å². The molecule has 0 spiro atoms. The summed E-state index contributed by atoms with van der Waals surface area (Å²) in [4.78, 5) is 24.1. The fraction of sp³-hybridized carbons (Fsp3) is 0.125. The van der Waals surface area contributed by atoms with Gasteiger partial charge >= 0.3 is 0 Å². The Morgan fingerprint density at radius 3 is 2.55 bits per heavy atom. The molecular formula is C24H20BrN3O5. The predicted octanol–water partition coefficient (Wildman–Crippen LogP) is 3.64. The average molecular weight is 510 g/mol. The highest BCUT2D eigenvalue weighted by atomic mass is 79.9. The average Bonchev–Trinajstić information content (AvgIpc) is 3.31. The smallest absolute Gasteiger partial charge is 0.259 e. The number of carbonyl (C=O) groups excluding carboxylic acids is 2. The van der Waals surface area contributed by atoms with Gasteiger partial charge in [0.25, 0.3) is 11.8 Å². The van der Waals surface area contributed by atoms with Crippen LogP contribution in [0.5, 0.6) is 17.2 Å². The number of fused-ring (bicyclic) bond motifs is 1. The van der Waals surface area contributed by atoms with Crippen molar-refractivity contribution in [3.05, 3.63) is 87.9 Å². The highest BCUT2D eigenvalue weighted by Crippen LogP contribution is 2.32. The van der Waals surface area contributed by atoms with E-state index in [9.17, 15) is 9.59 Å². The van der Waals surface area contributed by atoms with Crippen LogP contribution in [0.4, 0.5) is 0 Å². The zero-order valence-corrected chi connectivity index (χ0v) is 19.0. The summed E-state index contributed by atoms with van der Waals surface area (Å²) in [5.41, 5.74) is 4.61. The Morgan fingerprint density at radius 1 is 1.00 bits per heavy atom. The highest BCUT2D eigenvalue weighted by Gasteiger charge is 2.16. The van der Waals surface area contributed by atoms with Gasteiger partial charge in [-0.15, -0.1) is 0 Å². The third-order valence-corrected chi connectivity index (χ3v) is 5.17. The molecule has 8 nitrogen and oxygen atoms in total. The standard InChI is InChI=1S/C24H20BrN3O5/c25-19-6-1-17(2-7-19)14-31-20-8-3-16(4-9-20)12-27-28-23(29)13-26-24(30)18-5-10-21-22(11-18)33-15-32-21/h1-12H,13-15H2,(H,26,30)(H,28,29)/b27-12+. The van der Waals surface area contributed by atoms with Gasteiger partial charge in [0, 0.05) is 10.0 Å². The lowest BCUT2D eigenvalue weighted by atomic mass is 10.2. The van der Waals surface area contributed by atoms with Crippen molar-refractivity contribution < 1.29 is 23.8 Å². The zero-order chi connectivity index (χ0) is 23.0. The number of nitrogens with zero attached hydrogens (tertiary/aromatic N) is 1. The molecule has 1 aliphatic rings. The number of rotatable bonds is 8. The van der Waals surface area contributed by atoms with Crippen molar-refractivity contribution in [1.82, 2.24) is 10.7 Å². The zero-order valence-electron chi connectivity index (χ0n) is 17.4. The van der Waals surface area contributed by atoms with Gasteiger partial charge in [-0.3, -0.25) is 9.59 Å². The fourth-order valence-electron chi connectivity index (χ4n) is 2.92. The van der Waals surface area contributed by atoms with Gasteiger partial charge < -0.3 is 19.5 Å². The quantitative estimate of drug-likeness (QED) is 0.356. The van der Waals surface area contributed by atoms with Crippen LogP contribution >= 0.6 is 15.9 Å². The number of hydrazone groups is 1. The van der Waals surface area contributed by atoms with Crippen LogP contribution in [0.15, 0.2) is 76.3 Å². The number of benzene rings is 3. The molecule has 1 aliphatic heterocycles. The van der Waals surface area contributed by atoms with Crippen LogP contribution < -0.4 is 25.0 Å². The van der Waals surface area contributed by atoms with Gasteiger partial charge in [0.1, 0.15) is 12.4 Å². The van der Waals surface area contributed by atoms with Crippen molar-refractivity contribution in [2.45, 2.75) is 6.61 Å². The number of carbonyl (C=O) groups is 2. The van der Waals surface area contributed by atoms with Gasteiger partial charge in [-0.25, -0.2) is 5.43 Å². The Balaban J connectivity index is 1.19. The van der Waals surface area contributed by atoms with Crippen LogP contribution in [0.2, 0.25) is 0 Å². The molecular weight excluding hydrogens is 490 g/mol. The molecule has 0 unspecified atom stereocenters. The van der Waals surface area contributed by atoms with Crippen LogP contribution in [-0.4, -0.2) is 31.4 Å². The molecule has 0 saturated heterocycles. The molecule has 1 heterocycles. The van der Waals surface area contributed by atoms with E-state index in [-0.39, 0.29) is 13.3 Å². The van der Waals surface area contributed by atoms with E-state index in [0.717, 1.165) is 21.3 Å². The molecule has 4 rings (SSSR count). The van der Waals surface area contributed by atoms with E-state index < -0.39 is 11.8 Å². The van der Waals surface area contributed by atoms with Gasteiger partial charge in [0.05, 0.1) is 12.8 Å². The number of ether oxygens (including phenoxy) is 3. The third kappa shape index (κ3) is 6.33. The van der Waals surface area contributed by atoms with Gasteiger partial charge in [-0.2, -0.15) is 5.10 Å². The minimum atomic E-state index is -0.449. The minimum Gasteiger partial charge on any atom is -0.489 e. The second-order valence-electron chi connectivity index (χ2n) is 7.03. The first-order chi connectivity index (χ1) is 16.1. The monoisotopic (exact) mass is 509 g/mol. The molecule has 2 amide bonds. The number of hydrogen-bond acceptors (Lipinski definition) is 6. The number of nitrogens with one attached hydrogen (secondary N) is 2. The second-order valence-corrected chi connectivity index (χ2v) is 7.94. The summed E-state index contributed by atoms with van der Waals surface area (Å²) < 4.78 is 17.2. The second kappa shape index (κ2) is 10.6. The van der Waals surface area contributed by atoms with Crippen molar-refractivity contribution in [1.29, 1.82) is 0 Å². The normalized spacial score (nSPS) is 11.9. The van der Waals surface area contributed by atoms with Crippen LogP contribution in [0.3, 0.4) is 0 Å². The summed E-state index contributed by atoms with van der Waals surface area (Å²) >= 11 is 3.41. The number of amides is 2. The van der Waals surface area contributed by atoms with E-state index in [1.165, 1.54) is 6.21 Å². The fourth-order valence-corrected chi connectivity index (χ4v) is 3.18. The summed E-state index contributed by atoms with van der Waals surface area (Å²) in [6, 6.07) is 20.1. The van der Waals surface area contributed by atoms with Crippen LogP contribution in [0.1, 0.15) is 21.5 Å². The van der Waals surface area contributed by atoms with E-state index in [1.807, 2.05) is 48.5 Å². The molecule has 33 heavy (non-hydrogen) atoms. The Bertz CT molecular complexity index is 1160. The number of halogens is 1. The maximum atomic E-state index is 12.2. The Kier molecular flexibility index (Phi) is 7.21. The maximum Gasteiger partial charge on any atom is 0.259 e. The molecule has 0 radical (unpaired) electrons. The topological polar surface area (TPSA) is 98.3 Å². The summed E-state index contributed by atoms with van der Waals surface area (Å²) in [5, 5.41) is 6.45. The van der Waals surface area contributed by atoms with Gasteiger partial charge in [-0.05, 0) is 65.7 Å². The van der Waals surface area contributed by atoms with Crippen LogP contribution in [-0.2, 0) is 11.4 Å². The molecule has 0 aliphatic carbocycles. The SMILES string of the molecule is O=C(CNC(=O)c1ccc2c(c1)OCO2)N/N=C/c1ccc(OCc2ccc(Br)cc2)cc1. The van der Waals surface area contributed by atoms with Crippen molar-refractivity contribution in [3.63, 3.8) is 0 Å². The minimum absolute atomic E-state index is 0.128. The molecule has 3 aromatic rings. The summed E-state index contributed by atoms with van der Waals surface area (Å²) in [6.07, 6.45) is 1.51. The first kappa shape index (κ1) is 22.3. The highest BCUT2D eigenvalue weighted by molar-refractivity contribution is 9.10. The Labute approximate surface area is 198 Å². The van der Waals surface area contributed by atoms with E-state index in [2.05, 4.69) is 31.8 Å². The van der Waals surface area contributed by atoms with Crippen LogP contribution in [0, 0.1) is 0 Å². The summed E-state index contributed by atoms with van der Waals surface area (Å²) in [6.45, 7) is 0.380. The van der Waals surface area contributed by atoms with Crippen molar-refractivity contribution in [2.75, 3.05) is 13.3 Å². The Morgan fingerprint density at radius 2 is 1.76 bits per heavy atom. The summed E-state index contributed by atoms with van der Waals surface area (Å²) in [7, 11) is 0. The lowest BCUT2D eigenvalue weighted by molar-refractivity contribution is -0.120. The molecule has 3 aromatic carbocycles. The first-order valence-corrected chi connectivity index (χ1v) is 10.8. The largest absolute Gasteiger partial charge is 0.489 e. The molecule has 168 valence electrons. The van der Waals surface area contributed by atoms with Gasteiger partial charge in [-0.1, -0.05) is 28.1 Å². The van der Waals surface area contributed by atoms with E-state index in [1.54, 1.807) is 18.2 Å². The third-order valence-electron chi connectivity index (χ3n) is 4.65. The molecule has 0 atom stereocenters. The summed E-state index contributed by atoms with van der Waals surface area (Å²) in [5.74, 6) is 0.968. The predicted molar refractivity (Wildman–Crippen MR) is 126 cm³/mol. The van der Waals surface area contributed by atoms with E-state index >= 15 is 0 Å². The molecule has 0 saturated carbocycles. The molecule has 0 aromatic heterocycles. The van der Waals surface area contributed by atoms with E-state index in [0.29, 0.717) is 23.7 Å². The van der Waals surface area contributed by atoms with Gasteiger partial charge in [0.15, 0.2) is 11.5 Å². The molecule has 2 N–H and O–H groups in total. The molecule has 0 bridgehead atoms. The first-order valence-electron chi connectivity index (χ1n) is 10.0. The van der Waals surface area contributed by atoms with Gasteiger partial charge in [0.2, 0.25) is 6.79 Å². The van der Waals surface area contributed by atoms with E-state index in [4.69, 9.17) is 14.2 Å². The Hall–Kier alpha value is -3.85. The number of hydrogen-bond donors (Lipinski definition) is 2. The maximum absolute atomic E-state index is 12.2. The molecule has 9 heteroatoms. The lowest BCUT2D eigenvalue weighted by Crippen LogP contribution is -2.34. The van der Waals surface area contributed by atoms with Crippen molar-refractivity contribution in [2.24, 2.45) is 5.10 Å². The van der Waals surface area contributed by atoms with Crippen molar-refractivity contribution in [3.8, 4) is 17.2 Å². The van der Waals surface area contributed by atoms with Crippen molar-refractivity contribution >= 4 is 34.0 Å². The lowest BCUT2D eigenvalue weighted by Gasteiger charge is -2.07.